The predicted octanol–water partition coefficient (Wildman–Crippen LogP) is 4.83. The normalized spacial score (nSPS) is 15.5. The summed E-state index contributed by atoms with van der Waals surface area (Å²) in [6.07, 6.45) is 5.76. The van der Waals surface area contributed by atoms with E-state index < -0.39 is 5.97 Å². The second-order valence-electron chi connectivity index (χ2n) is 8.81. The van der Waals surface area contributed by atoms with Gasteiger partial charge in [-0.1, -0.05) is 18.2 Å². The van der Waals surface area contributed by atoms with Gasteiger partial charge in [-0.3, -0.25) is 15.1 Å². The van der Waals surface area contributed by atoms with Gasteiger partial charge in [0, 0.05) is 13.0 Å². The highest BCUT2D eigenvalue weighted by molar-refractivity contribution is 5.76. The monoisotopic (exact) mass is 503 g/mol. The van der Waals surface area contributed by atoms with Gasteiger partial charge in [-0.2, -0.15) is 4.98 Å². The summed E-state index contributed by atoms with van der Waals surface area (Å²) in [6, 6.07) is 13.5. The SMILES string of the molecule is CCOc1ccccc1O[C@@H]1CCCN(c2cncc(Nc3nc4ccc(CCC(=O)O)cc4o3)n2)C1. The van der Waals surface area contributed by atoms with Gasteiger partial charge in [0.05, 0.1) is 25.5 Å². The van der Waals surface area contributed by atoms with Crippen LogP contribution in [0.15, 0.2) is 59.3 Å². The van der Waals surface area contributed by atoms with Gasteiger partial charge in [0.1, 0.15) is 17.4 Å². The Hall–Kier alpha value is -4.34. The van der Waals surface area contributed by atoms with Crippen molar-refractivity contribution in [1.82, 2.24) is 15.0 Å². The number of nitrogens with zero attached hydrogens (tertiary/aromatic N) is 4. The summed E-state index contributed by atoms with van der Waals surface area (Å²) in [5.74, 6) is 1.92. The van der Waals surface area contributed by atoms with Crippen molar-refractivity contribution in [3.63, 3.8) is 0 Å². The molecule has 0 spiro atoms. The fourth-order valence-corrected chi connectivity index (χ4v) is 4.35. The van der Waals surface area contributed by atoms with Crippen LogP contribution in [0, 0.1) is 0 Å². The summed E-state index contributed by atoms with van der Waals surface area (Å²) < 4.78 is 17.8. The smallest absolute Gasteiger partial charge is 0.303 e. The number of ether oxygens (including phenoxy) is 2. The first-order chi connectivity index (χ1) is 18.1. The average Bonchev–Trinajstić information content (AvgIpc) is 3.30. The zero-order valence-electron chi connectivity index (χ0n) is 20.6. The molecule has 10 nitrogen and oxygen atoms in total. The number of hydrogen-bond donors (Lipinski definition) is 2. The first-order valence-electron chi connectivity index (χ1n) is 12.4. The summed E-state index contributed by atoms with van der Waals surface area (Å²) in [5, 5.41) is 12.0. The highest BCUT2D eigenvalue weighted by atomic mass is 16.5. The molecule has 0 amide bonds. The minimum atomic E-state index is -0.833. The molecule has 0 saturated carbocycles. The lowest BCUT2D eigenvalue weighted by molar-refractivity contribution is -0.136. The number of aryl methyl sites for hydroxylation is 1. The Morgan fingerprint density at radius 2 is 2.05 bits per heavy atom. The van der Waals surface area contributed by atoms with E-state index in [0.29, 0.717) is 42.5 Å². The van der Waals surface area contributed by atoms with Crippen LogP contribution in [0.3, 0.4) is 0 Å². The maximum absolute atomic E-state index is 10.8. The number of nitrogens with one attached hydrogen (secondary N) is 1. The molecule has 3 heterocycles. The molecule has 37 heavy (non-hydrogen) atoms. The molecule has 1 aliphatic heterocycles. The van der Waals surface area contributed by atoms with Gasteiger partial charge in [-0.25, -0.2) is 4.98 Å². The molecular formula is C27H29N5O5. The van der Waals surface area contributed by atoms with E-state index in [1.165, 1.54) is 0 Å². The second-order valence-corrected chi connectivity index (χ2v) is 8.81. The summed E-state index contributed by atoms with van der Waals surface area (Å²) in [5.41, 5.74) is 2.14. The van der Waals surface area contributed by atoms with E-state index in [1.807, 2.05) is 49.4 Å². The van der Waals surface area contributed by atoms with Gasteiger partial charge in [0.2, 0.25) is 0 Å². The Bertz CT molecular complexity index is 1370. The molecule has 0 unspecified atom stereocenters. The molecule has 5 rings (SSSR count). The molecule has 0 aliphatic carbocycles. The van der Waals surface area contributed by atoms with Gasteiger partial charge >= 0.3 is 12.0 Å². The van der Waals surface area contributed by atoms with E-state index in [-0.39, 0.29) is 12.5 Å². The highest BCUT2D eigenvalue weighted by Crippen LogP contribution is 2.30. The van der Waals surface area contributed by atoms with E-state index in [0.717, 1.165) is 42.3 Å². The number of hydrogen-bond acceptors (Lipinski definition) is 9. The fraction of sp³-hybridized carbons (Fsp3) is 0.333. The third-order valence-electron chi connectivity index (χ3n) is 6.08. The fourth-order valence-electron chi connectivity index (χ4n) is 4.35. The Kier molecular flexibility index (Phi) is 7.34. The van der Waals surface area contributed by atoms with Crippen LogP contribution in [0.1, 0.15) is 31.7 Å². The average molecular weight is 504 g/mol. The van der Waals surface area contributed by atoms with Crippen LogP contribution >= 0.6 is 0 Å². The van der Waals surface area contributed by atoms with Crippen LogP contribution in [-0.2, 0) is 11.2 Å². The zero-order valence-corrected chi connectivity index (χ0v) is 20.6. The Labute approximate surface area is 214 Å². The van der Waals surface area contributed by atoms with Crippen LogP contribution in [0.5, 0.6) is 11.5 Å². The molecule has 192 valence electrons. The zero-order chi connectivity index (χ0) is 25.6. The summed E-state index contributed by atoms with van der Waals surface area (Å²) in [6.45, 7) is 4.08. The molecule has 2 aromatic heterocycles. The number of para-hydroxylation sites is 2. The molecule has 4 aromatic rings. The van der Waals surface area contributed by atoms with Crippen molar-refractivity contribution in [2.45, 2.75) is 38.7 Å². The van der Waals surface area contributed by atoms with E-state index >= 15 is 0 Å². The molecule has 1 atom stereocenters. The maximum atomic E-state index is 10.8. The quantitative estimate of drug-likeness (QED) is 0.311. The standard InChI is InChI=1S/C27H29N5O5/c1-2-35-21-7-3-4-8-22(21)36-19-6-5-13-32(17-19)25-16-28-15-24(30-25)31-27-29-20-11-9-18(10-12-26(33)34)14-23(20)37-27/h3-4,7-9,11,14-16,19H,2,5-6,10,12-13,17H2,1H3,(H,33,34)(H,29,30,31)/t19-/m1/s1. The lowest BCUT2D eigenvalue weighted by Gasteiger charge is -2.33. The van der Waals surface area contributed by atoms with Crippen LogP contribution < -0.4 is 19.7 Å². The molecule has 1 saturated heterocycles. The van der Waals surface area contributed by atoms with E-state index in [9.17, 15) is 4.79 Å². The van der Waals surface area contributed by atoms with Crippen LogP contribution in [-0.4, -0.2) is 51.8 Å². The third kappa shape index (κ3) is 6.08. The summed E-state index contributed by atoms with van der Waals surface area (Å²) >= 11 is 0. The second kappa shape index (κ2) is 11.2. The van der Waals surface area contributed by atoms with Crippen molar-refractivity contribution in [3.05, 3.63) is 60.4 Å². The number of fused-ring (bicyclic) bond motifs is 1. The first-order valence-corrected chi connectivity index (χ1v) is 12.4. The van der Waals surface area contributed by atoms with Gasteiger partial charge in [0.15, 0.2) is 22.9 Å². The minimum Gasteiger partial charge on any atom is -0.490 e. The number of carbonyl (C=O) groups is 1. The van der Waals surface area contributed by atoms with Crippen molar-refractivity contribution >= 4 is 34.7 Å². The summed E-state index contributed by atoms with van der Waals surface area (Å²) in [7, 11) is 0. The van der Waals surface area contributed by atoms with Gasteiger partial charge in [-0.05, 0) is 56.0 Å². The molecular weight excluding hydrogens is 474 g/mol. The maximum Gasteiger partial charge on any atom is 0.303 e. The highest BCUT2D eigenvalue weighted by Gasteiger charge is 2.24. The number of aromatic nitrogens is 3. The minimum absolute atomic E-state index is 0.00105. The van der Waals surface area contributed by atoms with E-state index in [4.69, 9.17) is 24.0 Å². The first kappa shape index (κ1) is 24.4. The Morgan fingerprint density at radius 1 is 1.19 bits per heavy atom. The number of carboxylic acids is 1. The molecule has 1 fully saturated rings. The molecule has 2 N–H and O–H groups in total. The van der Waals surface area contributed by atoms with Gasteiger partial charge < -0.3 is 23.9 Å². The number of oxazole rings is 1. The number of benzene rings is 2. The lowest BCUT2D eigenvalue weighted by atomic mass is 10.1. The Balaban J connectivity index is 1.26. The van der Waals surface area contributed by atoms with Crippen molar-refractivity contribution < 1.29 is 23.8 Å². The predicted molar refractivity (Wildman–Crippen MR) is 139 cm³/mol. The largest absolute Gasteiger partial charge is 0.490 e. The van der Waals surface area contributed by atoms with Crippen molar-refractivity contribution in [2.75, 3.05) is 29.9 Å². The lowest BCUT2D eigenvalue weighted by Crippen LogP contribution is -2.41. The molecule has 0 radical (unpaired) electrons. The number of anilines is 3. The number of carboxylic acid groups (broad SMARTS) is 1. The van der Waals surface area contributed by atoms with Gasteiger partial charge in [0.25, 0.3) is 0 Å². The third-order valence-corrected chi connectivity index (χ3v) is 6.08. The van der Waals surface area contributed by atoms with Crippen molar-refractivity contribution in [3.8, 4) is 11.5 Å². The number of aliphatic carboxylic acids is 1. The van der Waals surface area contributed by atoms with Crippen LogP contribution in [0.2, 0.25) is 0 Å². The Morgan fingerprint density at radius 3 is 2.89 bits per heavy atom. The van der Waals surface area contributed by atoms with Crippen molar-refractivity contribution in [1.29, 1.82) is 0 Å². The number of piperidine rings is 1. The summed E-state index contributed by atoms with van der Waals surface area (Å²) in [4.78, 5) is 26.6. The topological polar surface area (TPSA) is 123 Å². The van der Waals surface area contributed by atoms with Gasteiger partial charge in [-0.15, -0.1) is 0 Å². The van der Waals surface area contributed by atoms with E-state index in [2.05, 4.69) is 20.2 Å². The molecule has 10 heteroatoms. The number of rotatable bonds is 10. The molecule has 0 bridgehead atoms. The molecule has 1 aliphatic rings. The van der Waals surface area contributed by atoms with Crippen LogP contribution in [0.25, 0.3) is 11.1 Å². The van der Waals surface area contributed by atoms with Crippen LogP contribution in [0.4, 0.5) is 17.7 Å². The van der Waals surface area contributed by atoms with E-state index in [1.54, 1.807) is 12.4 Å². The molecule has 2 aromatic carbocycles. The van der Waals surface area contributed by atoms with Crippen molar-refractivity contribution in [2.24, 2.45) is 0 Å².